The van der Waals surface area contributed by atoms with Gasteiger partial charge in [0.1, 0.15) is 28.7 Å². The van der Waals surface area contributed by atoms with Gasteiger partial charge in [-0.1, -0.05) is 153 Å². The lowest BCUT2D eigenvalue weighted by atomic mass is 9.83. The number of ether oxygens (including phenoxy) is 1. The fourth-order valence-electron chi connectivity index (χ4n) is 9.27. The molecule has 0 aliphatic heterocycles. The van der Waals surface area contributed by atoms with E-state index in [1.807, 2.05) is 83.6 Å². The zero-order valence-corrected chi connectivity index (χ0v) is 34.8. The molecule has 0 unspecified atom stereocenters. The molecule has 1 aliphatic carbocycles. The zero-order valence-electron chi connectivity index (χ0n) is 44.0. The maximum Gasteiger partial charge on any atom is 0.255 e. The molecule has 0 radical (unpaired) electrons. The predicted octanol–water partition coefficient (Wildman–Crippen LogP) is 10.8. The molecule has 6 heteroatoms. The second kappa shape index (κ2) is 15.0. The van der Waals surface area contributed by atoms with E-state index < -0.39 is 60.4 Å². The summed E-state index contributed by atoms with van der Waals surface area (Å²) in [7, 11) is 0. The third kappa shape index (κ3) is 6.15. The quantitative estimate of drug-likeness (QED) is 0.150. The minimum Gasteiger partial charge on any atom is -1.00 e. The molecule has 0 spiro atoms. The van der Waals surface area contributed by atoms with Gasteiger partial charge in [0, 0.05) is 51.2 Å². The van der Waals surface area contributed by atoms with Crippen molar-refractivity contribution in [3.63, 3.8) is 0 Å². The Bertz CT molecular complexity index is 4000. The van der Waals surface area contributed by atoms with E-state index in [4.69, 9.17) is 23.4 Å². The topological polar surface area (TPSA) is 35.9 Å². The summed E-state index contributed by atoms with van der Waals surface area (Å²) in [5.41, 5.74) is 8.97. The van der Waals surface area contributed by atoms with E-state index in [2.05, 4.69) is 66.9 Å². The summed E-state index contributed by atoms with van der Waals surface area (Å²) in [6, 6.07) is 39.9. The first-order valence-electron chi connectivity index (χ1n) is 25.4. The van der Waals surface area contributed by atoms with Crippen molar-refractivity contribution >= 4 is 32.8 Å². The molecule has 5 nitrogen and oxygen atoms in total. The minimum atomic E-state index is -0.558. The maximum atomic E-state index is 9.03. The summed E-state index contributed by atoms with van der Waals surface area (Å²) < 4.78 is 99.8. The van der Waals surface area contributed by atoms with E-state index in [0.29, 0.717) is 28.2 Å². The van der Waals surface area contributed by atoms with Gasteiger partial charge in [0.05, 0.1) is 24.7 Å². The van der Waals surface area contributed by atoms with Crippen LogP contribution in [0.15, 0.2) is 212 Å². The van der Waals surface area contributed by atoms with Gasteiger partial charge in [-0.3, -0.25) is 4.57 Å². The molecule has 12 rings (SSSR count). The Morgan fingerprint density at radius 2 is 1.19 bits per heavy atom. The fourth-order valence-corrected chi connectivity index (χ4v) is 9.27. The fraction of sp³-hybridized carbons (Fsp3) is 0.0526. The predicted molar refractivity (Wildman–Crippen MR) is 252 cm³/mol. The molecule has 0 atom stereocenters. The second-order valence-corrected chi connectivity index (χ2v) is 15.9. The Kier molecular flexibility index (Phi) is 6.85. The molecular formula is C57H41ClN4O. The van der Waals surface area contributed by atoms with Gasteiger partial charge in [0.15, 0.2) is 11.0 Å². The minimum absolute atomic E-state index is 0. The van der Waals surface area contributed by atoms with Gasteiger partial charge in [-0.15, -0.1) is 0 Å². The first-order valence-corrected chi connectivity index (χ1v) is 20.4. The molecule has 3 aromatic heterocycles. The van der Waals surface area contributed by atoms with Crippen molar-refractivity contribution in [1.82, 2.24) is 14.1 Å². The third-order valence-electron chi connectivity index (χ3n) is 12.1. The molecule has 0 bridgehead atoms. The highest BCUT2D eigenvalue weighted by atomic mass is 35.5. The summed E-state index contributed by atoms with van der Waals surface area (Å²) in [5.74, 6) is 1.94. The molecule has 11 aromatic rings. The van der Waals surface area contributed by atoms with Crippen LogP contribution in [-0.4, -0.2) is 14.1 Å². The number of nitrogens with zero attached hydrogens (tertiary/aromatic N) is 4. The zero-order chi connectivity index (χ0) is 50.1. The molecule has 1 aliphatic rings. The number of aromatic nitrogens is 4. The lowest BCUT2D eigenvalue weighted by Gasteiger charge is -2.22. The van der Waals surface area contributed by atoms with Gasteiger partial charge < -0.3 is 17.1 Å². The Morgan fingerprint density at radius 1 is 0.556 bits per heavy atom. The Labute approximate surface area is 386 Å². The van der Waals surface area contributed by atoms with Crippen molar-refractivity contribution < 1.29 is 35.4 Å². The van der Waals surface area contributed by atoms with Crippen molar-refractivity contribution in [2.24, 2.45) is 0 Å². The van der Waals surface area contributed by atoms with Crippen LogP contribution in [0.4, 0.5) is 0 Å². The summed E-state index contributed by atoms with van der Waals surface area (Å²) in [6.07, 6.45) is 3.77. The number of imidazole rings is 1. The number of pyridine rings is 1. The van der Waals surface area contributed by atoms with E-state index >= 15 is 0 Å². The Hall–Kier alpha value is -7.73. The first-order chi connectivity index (χ1) is 34.6. The number of rotatable bonds is 7. The van der Waals surface area contributed by atoms with Gasteiger partial charge in [-0.25, -0.2) is 4.98 Å². The molecule has 0 amide bonds. The molecule has 0 saturated carbocycles. The normalized spacial score (nSPS) is 14.8. The smallest absolute Gasteiger partial charge is 0.255 e. The van der Waals surface area contributed by atoms with E-state index in [-0.39, 0.29) is 45.8 Å². The van der Waals surface area contributed by atoms with Crippen LogP contribution in [0, 0.1) is 0 Å². The van der Waals surface area contributed by atoms with E-state index in [1.54, 1.807) is 29.1 Å². The van der Waals surface area contributed by atoms with E-state index in [9.17, 15) is 0 Å². The van der Waals surface area contributed by atoms with Gasteiger partial charge in [-0.2, -0.15) is 9.13 Å². The van der Waals surface area contributed by atoms with Gasteiger partial charge in [0.2, 0.25) is 0 Å². The lowest BCUT2D eigenvalue weighted by Crippen LogP contribution is -3.00. The van der Waals surface area contributed by atoms with Gasteiger partial charge in [0.25, 0.3) is 6.33 Å². The number of hydrogen-bond donors (Lipinski definition) is 0. The Morgan fingerprint density at radius 3 is 1.97 bits per heavy atom. The monoisotopic (exact) mass is 842 g/mol. The van der Waals surface area contributed by atoms with Crippen LogP contribution in [0.25, 0.3) is 83.4 Å². The van der Waals surface area contributed by atoms with Gasteiger partial charge >= 0.3 is 0 Å². The first kappa shape index (κ1) is 28.7. The van der Waals surface area contributed by atoms with Crippen LogP contribution in [0.1, 0.15) is 38.7 Å². The summed E-state index contributed by atoms with van der Waals surface area (Å²) in [6.45, 7) is 4.52. The third-order valence-corrected chi connectivity index (χ3v) is 12.1. The van der Waals surface area contributed by atoms with E-state index in [1.165, 1.54) is 16.7 Å². The van der Waals surface area contributed by atoms with Gasteiger partial charge in [-0.05, 0) is 76.3 Å². The van der Waals surface area contributed by atoms with Crippen LogP contribution in [0.3, 0.4) is 0 Å². The molecule has 63 heavy (non-hydrogen) atoms. The van der Waals surface area contributed by atoms with Crippen molar-refractivity contribution in [2.45, 2.75) is 19.3 Å². The number of fused-ring (bicyclic) bond motifs is 7. The highest BCUT2D eigenvalue weighted by Crippen LogP contribution is 2.49. The van der Waals surface area contributed by atoms with Crippen LogP contribution in [0.2, 0.25) is 0 Å². The summed E-state index contributed by atoms with van der Waals surface area (Å²) >= 11 is 0. The average molecular weight is 843 g/mol. The molecule has 0 saturated heterocycles. The molecule has 0 N–H and O–H groups in total. The van der Waals surface area contributed by atoms with Crippen LogP contribution >= 0.6 is 0 Å². The van der Waals surface area contributed by atoms with Crippen molar-refractivity contribution in [3.05, 3.63) is 224 Å². The summed E-state index contributed by atoms with van der Waals surface area (Å²) in [4.78, 5) is 5.08. The second-order valence-electron chi connectivity index (χ2n) is 15.9. The van der Waals surface area contributed by atoms with E-state index in [0.717, 1.165) is 33.2 Å². The standard InChI is InChI=1S/C57H41N4O.ClH/c1-57(2)49-27-11-9-23-45(49)48-36-58-55(35-50(48)57)61-51-28-12-10-24-46(51)47-32-31-42(34-54(47)61)62-41-22-15-21-40(33-41)59-37-60(53-30-14-13-29-52(53)59)56-43(38-17-5-3-6-18-38)25-16-26-44(56)39-19-7-4-8-20-39;/h3-37H,1-2H3;1H/q+1;/p-1/i3D,4D,5D,6D,7D,8D,17D,18D,19D,20D;. The molecular weight excluding hydrogens is 792 g/mol. The number of hydrogen-bond acceptors (Lipinski definition) is 2. The SMILES string of the molecule is [2H]c1c([2H])c([2H])c(-c2cccc(-c3c([2H])c([2H])c([2H])c([2H])c3[2H])c2-[n+]2cn(-c3cccc(Oc4ccc5c6ccccc6n(-c6cc7c(cn6)-c6ccccc6C7(C)C)c5c4)c3)c3ccccc32)c([2H])c1[2H].[Cl-]. The Balaban J connectivity index is 0.00000574. The van der Waals surface area contributed by atoms with Crippen molar-refractivity contribution in [2.75, 3.05) is 0 Å². The molecule has 0 fully saturated rings. The van der Waals surface area contributed by atoms with Crippen LogP contribution < -0.4 is 21.7 Å². The van der Waals surface area contributed by atoms with Crippen molar-refractivity contribution in [1.29, 1.82) is 0 Å². The van der Waals surface area contributed by atoms with Crippen LogP contribution in [0.5, 0.6) is 11.5 Å². The highest BCUT2D eigenvalue weighted by Gasteiger charge is 2.36. The number of para-hydroxylation sites is 4. The lowest BCUT2D eigenvalue weighted by molar-refractivity contribution is -0.566. The van der Waals surface area contributed by atoms with Crippen LogP contribution in [-0.2, 0) is 5.41 Å². The largest absolute Gasteiger partial charge is 1.00 e. The average Bonchev–Trinajstić information content (AvgIpc) is 4.01. The van der Waals surface area contributed by atoms with Crippen molar-refractivity contribution in [3.8, 4) is 62.1 Å². The summed E-state index contributed by atoms with van der Waals surface area (Å²) in [5, 5.41) is 2.13. The number of halogens is 1. The molecule has 3 heterocycles. The molecule has 8 aromatic carbocycles. The number of benzene rings is 8. The highest BCUT2D eigenvalue weighted by molar-refractivity contribution is 6.09. The molecule has 302 valence electrons. The maximum absolute atomic E-state index is 9.03.